The fourth-order valence-corrected chi connectivity index (χ4v) is 2.86. The molecule has 1 N–H and O–H groups in total. The molecule has 3 nitrogen and oxygen atoms in total. The Morgan fingerprint density at radius 3 is 2.93 bits per heavy atom. The second kappa shape index (κ2) is 4.17. The number of Topliss-reactive ketones (excluding diaryl/α,β-unsaturated/α-hetero) is 1. The van der Waals surface area contributed by atoms with Crippen LogP contribution in [0.15, 0.2) is 12.7 Å². The molecule has 1 saturated carbocycles. The molecule has 0 aromatic heterocycles. The summed E-state index contributed by atoms with van der Waals surface area (Å²) in [6.45, 7) is 3.55. The van der Waals surface area contributed by atoms with Crippen molar-refractivity contribution >= 4 is 11.7 Å². The van der Waals surface area contributed by atoms with Crippen LogP contribution in [0, 0.1) is 11.8 Å². The van der Waals surface area contributed by atoms with Crippen LogP contribution in [0.2, 0.25) is 0 Å². The predicted octanol–water partition coefficient (Wildman–Crippen LogP) is 1.44. The van der Waals surface area contributed by atoms with Crippen LogP contribution >= 0.6 is 0 Å². The summed E-state index contributed by atoms with van der Waals surface area (Å²) in [6.07, 6.45) is 6.27. The van der Waals surface area contributed by atoms with E-state index in [0.717, 1.165) is 19.3 Å². The molecular formula is C12H17NO2. The highest BCUT2D eigenvalue weighted by Gasteiger charge is 2.45. The SMILES string of the molecule is C=CCC(=O)C1C(=O)NC2CCCCC21. The summed E-state index contributed by atoms with van der Waals surface area (Å²) in [5.41, 5.74) is 0. The van der Waals surface area contributed by atoms with Crippen molar-refractivity contribution in [1.29, 1.82) is 0 Å². The van der Waals surface area contributed by atoms with Gasteiger partial charge < -0.3 is 5.32 Å². The summed E-state index contributed by atoms with van der Waals surface area (Å²) in [4.78, 5) is 23.5. The first kappa shape index (κ1) is 10.4. The highest BCUT2D eigenvalue weighted by atomic mass is 16.2. The fourth-order valence-electron chi connectivity index (χ4n) is 2.86. The van der Waals surface area contributed by atoms with Crippen LogP contribution in [0.4, 0.5) is 0 Å². The molecule has 1 saturated heterocycles. The second-order valence-electron chi connectivity index (χ2n) is 4.50. The molecule has 1 aliphatic carbocycles. The van der Waals surface area contributed by atoms with Gasteiger partial charge in [-0.2, -0.15) is 0 Å². The lowest BCUT2D eigenvalue weighted by Crippen LogP contribution is -2.31. The Bertz CT molecular complexity index is 298. The van der Waals surface area contributed by atoms with Gasteiger partial charge in [0.25, 0.3) is 0 Å². The highest BCUT2D eigenvalue weighted by Crippen LogP contribution is 2.36. The molecule has 3 heteroatoms. The molecule has 3 unspecified atom stereocenters. The molecular weight excluding hydrogens is 190 g/mol. The van der Waals surface area contributed by atoms with Crippen LogP contribution in [-0.4, -0.2) is 17.7 Å². The molecule has 0 spiro atoms. The van der Waals surface area contributed by atoms with Gasteiger partial charge >= 0.3 is 0 Å². The quantitative estimate of drug-likeness (QED) is 0.562. The average Bonchev–Trinajstić information content (AvgIpc) is 2.54. The molecule has 1 aliphatic heterocycles. The van der Waals surface area contributed by atoms with Crippen molar-refractivity contribution in [1.82, 2.24) is 5.32 Å². The minimum Gasteiger partial charge on any atom is -0.352 e. The third kappa shape index (κ3) is 1.83. The minimum atomic E-state index is -0.395. The molecule has 1 heterocycles. The van der Waals surface area contributed by atoms with E-state index in [4.69, 9.17) is 0 Å². The van der Waals surface area contributed by atoms with E-state index in [2.05, 4.69) is 11.9 Å². The zero-order valence-corrected chi connectivity index (χ0v) is 8.87. The average molecular weight is 207 g/mol. The number of fused-ring (bicyclic) bond motifs is 1. The van der Waals surface area contributed by atoms with E-state index in [0.29, 0.717) is 6.42 Å². The number of amides is 1. The maximum absolute atomic E-state index is 11.8. The molecule has 0 aromatic carbocycles. The number of carbonyl (C=O) groups is 2. The van der Waals surface area contributed by atoms with E-state index in [-0.39, 0.29) is 23.7 Å². The zero-order chi connectivity index (χ0) is 10.8. The normalized spacial score (nSPS) is 34.4. The maximum Gasteiger partial charge on any atom is 0.231 e. The molecule has 82 valence electrons. The van der Waals surface area contributed by atoms with Gasteiger partial charge in [0, 0.05) is 12.5 Å². The standard InChI is InChI=1S/C12H17NO2/c1-2-5-10(14)11-8-6-3-4-7-9(8)13-12(11)15/h2,8-9,11H,1,3-7H2,(H,13,15). The molecule has 0 aromatic rings. The van der Waals surface area contributed by atoms with Crippen LogP contribution in [0.1, 0.15) is 32.1 Å². The van der Waals surface area contributed by atoms with Gasteiger partial charge in [-0.05, 0) is 18.8 Å². The third-order valence-electron chi connectivity index (χ3n) is 3.55. The van der Waals surface area contributed by atoms with Gasteiger partial charge in [-0.15, -0.1) is 6.58 Å². The molecule has 3 atom stereocenters. The molecule has 0 radical (unpaired) electrons. The molecule has 15 heavy (non-hydrogen) atoms. The lowest BCUT2D eigenvalue weighted by atomic mass is 9.77. The van der Waals surface area contributed by atoms with E-state index >= 15 is 0 Å². The van der Waals surface area contributed by atoms with Crippen molar-refractivity contribution < 1.29 is 9.59 Å². The Balaban J connectivity index is 2.12. The van der Waals surface area contributed by atoms with Crippen molar-refractivity contribution in [2.24, 2.45) is 11.8 Å². The number of hydrogen-bond acceptors (Lipinski definition) is 2. The first-order valence-electron chi connectivity index (χ1n) is 5.68. The van der Waals surface area contributed by atoms with E-state index < -0.39 is 5.92 Å². The summed E-state index contributed by atoms with van der Waals surface area (Å²) < 4.78 is 0. The summed E-state index contributed by atoms with van der Waals surface area (Å²) in [7, 11) is 0. The Morgan fingerprint density at radius 1 is 1.47 bits per heavy atom. The van der Waals surface area contributed by atoms with E-state index in [1.807, 2.05) is 0 Å². The molecule has 0 bridgehead atoms. The lowest BCUT2D eigenvalue weighted by molar-refractivity contribution is -0.132. The predicted molar refractivity (Wildman–Crippen MR) is 57.2 cm³/mol. The number of carbonyl (C=O) groups excluding carboxylic acids is 2. The van der Waals surface area contributed by atoms with E-state index in [9.17, 15) is 9.59 Å². The largest absolute Gasteiger partial charge is 0.352 e. The van der Waals surface area contributed by atoms with Gasteiger partial charge in [0.05, 0.1) is 0 Å². The summed E-state index contributed by atoms with van der Waals surface area (Å²) >= 11 is 0. The van der Waals surface area contributed by atoms with Crippen molar-refractivity contribution in [2.45, 2.75) is 38.1 Å². The third-order valence-corrected chi connectivity index (χ3v) is 3.55. The van der Waals surface area contributed by atoms with Crippen molar-refractivity contribution in [3.8, 4) is 0 Å². The van der Waals surface area contributed by atoms with Crippen molar-refractivity contribution in [3.63, 3.8) is 0 Å². The topological polar surface area (TPSA) is 46.2 Å². The summed E-state index contributed by atoms with van der Waals surface area (Å²) in [5.74, 6) is -0.164. The number of rotatable bonds is 3. The second-order valence-corrected chi connectivity index (χ2v) is 4.50. The Labute approximate surface area is 89.9 Å². The molecule has 2 aliphatic rings. The zero-order valence-electron chi connectivity index (χ0n) is 8.87. The molecule has 1 amide bonds. The van der Waals surface area contributed by atoms with E-state index in [1.54, 1.807) is 6.08 Å². The first-order chi connectivity index (χ1) is 7.24. The Kier molecular flexibility index (Phi) is 2.89. The Morgan fingerprint density at radius 2 is 2.20 bits per heavy atom. The van der Waals surface area contributed by atoms with E-state index in [1.165, 1.54) is 6.42 Å². The van der Waals surface area contributed by atoms with Crippen LogP contribution in [0.5, 0.6) is 0 Å². The number of hydrogen-bond donors (Lipinski definition) is 1. The van der Waals surface area contributed by atoms with Crippen LogP contribution in [0.3, 0.4) is 0 Å². The molecule has 2 rings (SSSR count). The maximum atomic E-state index is 11.8. The first-order valence-corrected chi connectivity index (χ1v) is 5.68. The van der Waals surface area contributed by atoms with Gasteiger partial charge in [0.15, 0.2) is 0 Å². The monoisotopic (exact) mass is 207 g/mol. The van der Waals surface area contributed by atoms with Gasteiger partial charge in [0.2, 0.25) is 5.91 Å². The Hall–Kier alpha value is -1.12. The number of allylic oxidation sites excluding steroid dienone is 1. The number of nitrogens with one attached hydrogen (secondary N) is 1. The van der Waals surface area contributed by atoms with Gasteiger partial charge in [-0.25, -0.2) is 0 Å². The number of ketones is 1. The van der Waals surface area contributed by atoms with Crippen molar-refractivity contribution in [2.75, 3.05) is 0 Å². The summed E-state index contributed by atoms with van der Waals surface area (Å²) in [5, 5.41) is 2.95. The smallest absolute Gasteiger partial charge is 0.231 e. The summed E-state index contributed by atoms with van der Waals surface area (Å²) in [6, 6.07) is 0.255. The lowest BCUT2D eigenvalue weighted by Gasteiger charge is -2.26. The molecule has 2 fully saturated rings. The van der Waals surface area contributed by atoms with Gasteiger partial charge in [0.1, 0.15) is 11.7 Å². The van der Waals surface area contributed by atoms with Gasteiger partial charge in [-0.1, -0.05) is 18.9 Å². The van der Waals surface area contributed by atoms with Crippen molar-refractivity contribution in [3.05, 3.63) is 12.7 Å². The van der Waals surface area contributed by atoms with Crippen LogP contribution < -0.4 is 5.32 Å². The van der Waals surface area contributed by atoms with Gasteiger partial charge in [-0.3, -0.25) is 9.59 Å². The minimum absolute atomic E-state index is 0.0388. The fraction of sp³-hybridized carbons (Fsp3) is 0.667. The van der Waals surface area contributed by atoms with Crippen LogP contribution in [-0.2, 0) is 9.59 Å². The highest BCUT2D eigenvalue weighted by molar-refractivity contribution is 6.03. The van der Waals surface area contributed by atoms with Crippen LogP contribution in [0.25, 0.3) is 0 Å².